The number of amides is 2. The lowest BCUT2D eigenvalue weighted by atomic mass is 10.1. The number of anilines is 1. The predicted octanol–water partition coefficient (Wildman–Crippen LogP) is 2.32. The van der Waals surface area contributed by atoms with Crippen LogP contribution in [0.15, 0.2) is 24.3 Å². The largest absolute Gasteiger partial charge is 0.382 e. The summed E-state index contributed by atoms with van der Waals surface area (Å²) in [6.07, 6.45) is 0. The highest BCUT2D eigenvalue weighted by Crippen LogP contribution is 2.19. The van der Waals surface area contributed by atoms with Crippen LogP contribution in [0.4, 0.5) is 10.1 Å². The van der Waals surface area contributed by atoms with Gasteiger partial charge in [0.15, 0.2) is 0 Å². The molecule has 0 saturated carbocycles. The van der Waals surface area contributed by atoms with Gasteiger partial charge in [-0.15, -0.1) is 0 Å². The first-order valence-electron chi connectivity index (χ1n) is 9.04. The van der Waals surface area contributed by atoms with E-state index in [1.165, 1.54) is 29.9 Å². The van der Waals surface area contributed by atoms with E-state index in [2.05, 4.69) is 10.6 Å². The van der Waals surface area contributed by atoms with Gasteiger partial charge in [0, 0.05) is 31.1 Å². The van der Waals surface area contributed by atoms with Gasteiger partial charge < -0.3 is 19.9 Å². The van der Waals surface area contributed by atoms with Crippen molar-refractivity contribution in [3.63, 3.8) is 0 Å². The Hall–Kier alpha value is -3.51. The van der Waals surface area contributed by atoms with Crippen LogP contribution in [0.25, 0.3) is 0 Å². The van der Waals surface area contributed by atoms with Gasteiger partial charge in [0.05, 0.1) is 17.7 Å². The maximum atomic E-state index is 13.5. The van der Waals surface area contributed by atoms with Gasteiger partial charge in [-0.1, -0.05) is 0 Å². The lowest BCUT2D eigenvalue weighted by Gasteiger charge is -2.24. The SMILES string of the molecule is COCC(C)(C)NC(=O)C(=O)c1cc(C(=O)Nc2ccc(F)c(C#N)c2)n(C)c1C. The Bertz CT molecular complexity index is 1050. The van der Waals surface area contributed by atoms with Crippen LogP contribution < -0.4 is 10.6 Å². The average molecular weight is 414 g/mol. The van der Waals surface area contributed by atoms with Crippen LogP contribution in [0.3, 0.4) is 0 Å². The van der Waals surface area contributed by atoms with Crippen LogP contribution >= 0.6 is 0 Å². The molecule has 9 heteroatoms. The highest BCUT2D eigenvalue weighted by atomic mass is 19.1. The number of hydrogen-bond donors (Lipinski definition) is 2. The first-order chi connectivity index (χ1) is 14.0. The Morgan fingerprint density at radius 2 is 1.93 bits per heavy atom. The molecule has 0 spiro atoms. The second-order valence-electron chi connectivity index (χ2n) is 7.45. The summed E-state index contributed by atoms with van der Waals surface area (Å²) in [6.45, 7) is 5.27. The molecule has 8 nitrogen and oxygen atoms in total. The van der Waals surface area contributed by atoms with Crippen LogP contribution in [0, 0.1) is 24.1 Å². The third-order valence-corrected chi connectivity index (χ3v) is 4.52. The summed E-state index contributed by atoms with van der Waals surface area (Å²) in [7, 11) is 3.07. The molecule has 0 aliphatic rings. The van der Waals surface area contributed by atoms with Crippen molar-refractivity contribution in [3.05, 3.63) is 52.6 Å². The van der Waals surface area contributed by atoms with E-state index in [9.17, 15) is 18.8 Å². The minimum Gasteiger partial charge on any atom is -0.382 e. The number of nitrogens with one attached hydrogen (secondary N) is 2. The molecule has 0 fully saturated rings. The highest BCUT2D eigenvalue weighted by Gasteiger charge is 2.28. The normalized spacial score (nSPS) is 11.0. The Labute approximate surface area is 173 Å². The molecule has 2 aromatic rings. The van der Waals surface area contributed by atoms with Crippen LogP contribution in [0.2, 0.25) is 0 Å². The summed E-state index contributed by atoms with van der Waals surface area (Å²) in [5, 5.41) is 14.1. The van der Waals surface area contributed by atoms with Crippen molar-refractivity contribution < 1.29 is 23.5 Å². The number of aromatic nitrogens is 1. The third-order valence-electron chi connectivity index (χ3n) is 4.52. The zero-order chi connectivity index (χ0) is 22.6. The fourth-order valence-corrected chi connectivity index (χ4v) is 2.91. The first kappa shape index (κ1) is 22.8. The summed E-state index contributed by atoms with van der Waals surface area (Å²) in [5.74, 6) is -2.86. The van der Waals surface area contributed by atoms with Crippen LogP contribution in [0.5, 0.6) is 0 Å². The third kappa shape index (κ3) is 4.90. The second-order valence-corrected chi connectivity index (χ2v) is 7.45. The molecule has 30 heavy (non-hydrogen) atoms. The van der Waals surface area contributed by atoms with Gasteiger partial charge >= 0.3 is 0 Å². The van der Waals surface area contributed by atoms with Crippen molar-refractivity contribution >= 4 is 23.3 Å². The minimum atomic E-state index is -0.810. The van der Waals surface area contributed by atoms with Gasteiger partial charge in [-0.25, -0.2) is 4.39 Å². The van der Waals surface area contributed by atoms with Crippen molar-refractivity contribution in [1.82, 2.24) is 9.88 Å². The summed E-state index contributed by atoms with van der Waals surface area (Å²) in [5.41, 5.74) is -0.0777. The van der Waals surface area contributed by atoms with E-state index in [4.69, 9.17) is 10.00 Å². The zero-order valence-corrected chi connectivity index (χ0v) is 17.4. The summed E-state index contributed by atoms with van der Waals surface area (Å²) < 4.78 is 20.0. The van der Waals surface area contributed by atoms with E-state index in [0.717, 1.165) is 6.07 Å². The minimum absolute atomic E-state index is 0.0881. The molecule has 2 N–H and O–H groups in total. The fourth-order valence-electron chi connectivity index (χ4n) is 2.91. The van der Waals surface area contributed by atoms with Crippen molar-refractivity contribution in [1.29, 1.82) is 5.26 Å². The van der Waals surface area contributed by atoms with Crippen LogP contribution in [0.1, 0.15) is 46.0 Å². The van der Waals surface area contributed by atoms with E-state index in [-0.39, 0.29) is 29.1 Å². The Morgan fingerprint density at radius 3 is 2.53 bits per heavy atom. The number of ether oxygens (including phenoxy) is 1. The molecule has 0 bridgehead atoms. The molecule has 0 unspecified atom stereocenters. The van der Waals surface area contributed by atoms with E-state index < -0.39 is 29.0 Å². The Kier molecular flexibility index (Phi) is 6.74. The van der Waals surface area contributed by atoms with Gasteiger partial charge in [-0.2, -0.15) is 5.26 Å². The molecule has 158 valence electrons. The number of ketones is 1. The number of nitriles is 1. The monoisotopic (exact) mass is 414 g/mol. The number of carbonyl (C=O) groups is 3. The lowest BCUT2D eigenvalue weighted by molar-refractivity contribution is -0.119. The number of benzene rings is 1. The maximum Gasteiger partial charge on any atom is 0.292 e. The van der Waals surface area contributed by atoms with Crippen molar-refractivity contribution in [3.8, 4) is 6.07 Å². The van der Waals surface area contributed by atoms with Crippen molar-refractivity contribution in [2.24, 2.45) is 7.05 Å². The molecular formula is C21H23FN4O4. The molecule has 0 atom stereocenters. The highest BCUT2D eigenvalue weighted by molar-refractivity contribution is 6.43. The quantitative estimate of drug-likeness (QED) is 0.533. The number of methoxy groups -OCH3 is 1. The average Bonchev–Trinajstić information content (AvgIpc) is 2.97. The fraction of sp³-hybridized carbons (Fsp3) is 0.333. The molecule has 0 aliphatic carbocycles. The maximum absolute atomic E-state index is 13.5. The van der Waals surface area contributed by atoms with Crippen LogP contribution in [-0.4, -0.2) is 41.4 Å². The lowest BCUT2D eigenvalue weighted by Crippen LogP contribution is -2.49. The molecule has 2 rings (SSSR count). The van der Waals surface area contributed by atoms with E-state index >= 15 is 0 Å². The Morgan fingerprint density at radius 1 is 1.27 bits per heavy atom. The Balaban J connectivity index is 2.25. The predicted molar refractivity (Wildman–Crippen MR) is 108 cm³/mol. The van der Waals surface area contributed by atoms with Gasteiger partial charge in [0.1, 0.15) is 17.6 Å². The van der Waals surface area contributed by atoms with Gasteiger partial charge in [-0.05, 0) is 45.0 Å². The van der Waals surface area contributed by atoms with Crippen molar-refractivity contribution in [2.45, 2.75) is 26.3 Å². The van der Waals surface area contributed by atoms with E-state index in [1.54, 1.807) is 33.9 Å². The number of Topliss-reactive ketones (excluding diaryl/α,β-unsaturated/α-hetero) is 1. The second kappa shape index (κ2) is 8.88. The molecule has 1 aromatic heterocycles. The smallest absolute Gasteiger partial charge is 0.292 e. The number of nitrogens with zero attached hydrogens (tertiary/aromatic N) is 2. The summed E-state index contributed by atoms with van der Waals surface area (Å²) >= 11 is 0. The standard InChI is InChI=1S/C21H23FN4O4/c1-12-15(18(27)20(29)25-21(2,3)11-30-5)9-17(26(12)4)19(28)24-14-6-7-16(22)13(8-14)10-23/h6-9H,11H2,1-5H3,(H,24,28)(H,25,29). The van der Waals surface area contributed by atoms with Crippen LogP contribution in [-0.2, 0) is 16.6 Å². The number of carbonyl (C=O) groups excluding carboxylic acids is 3. The number of halogens is 1. The molecule has 1 aromatic carbocycles. The van der Waals surface area contributed by atoms with E-state index in [1.807, 2.05) is 0 Å². The molecule has 0 radical (unpaired) electrons. The molecule has 2 amide bonds. The number of rotatable bonds is 7. The van der Waals surface area contributed by atoms with Crippen molar-refractivity contribution in [2.75, 3.05) is 19.0 Å². The molecular weight excluding hydrogens is 391 g/mol. The van der Waals surface area contributed by atoms with E-state index in [0.29, 0.717) is 5.69 Å². The first-order valence-corrected chi connectivity index (χ1v) is 9.04. The summed E-state index contributed by atoms with van der Waals surface area (Å²) in [4.78, 5) is 37.7. The molecule has 0 aliphatic heterocycles. The number of hydrogen-bond acceptors (Lipinski definition) is 5. The molecule has 1 heterocycles. The van der Waals surface area contributed by atoms with Gasteiger partial charge in [0.25, 0.3) is 17.6 Å². The zero-order valence-electron chi connectivity index (χ0n) is 17.4. The van der Waals surface area contributed by atoms with Gasteiger partial charge in [0.2, 0.25) is 0 Å². The molecule has 0 saturated heterocycles. The summed E-state index contributed by atoms with van der Waals surface area (Å²) in [6, 6.07) is 6.63. The van der Waals surface area contributed by atoms with Gasteiger partial charge in [-0.3, -0.25) is 14.4 Å². The topological polar surface area (TPSA) is 113 Å².